The molecule has 1 rings (SSSR count). The Morgan fingerprint density at radius 1 is 0.846 bits per heavy atom. The molecule has 1 aliphatic heterocycles. The maximum Gasteiger partial charge on any atom is 0.377 e. The number of carbonyl (C=O) groups is 1. The molecule has 1 heterocycles. The van der Waals surface area contributed by atoms with Crippen LogP contribution in [-0.2, 0) is 9.53 Å². The van der Waals surface area contributed by atoms with Gasteiger partial charge >= 0.3 is 5.97 Å². The number of esters is 1. The summed E-state index contributed by atoms with van der Waals surface area (Å²) in [5.74, 6) is -1.87. The lowest BCUT2D eigenvalue weighted by atomic mass is 10.1. The number of ether oxygens (including phenoxy) is 1. The average molecular weight is 360 g/mol. The summed E-state index contributed by atoms with van der Waals surface area (Å²) < 4.78 is 4.84. The molecule has 0 aromatic rings. The van der Waals surface area contributed by atoms with E-state index in [1.807, 2.05) is 12.2 Å². The first-order valence-electron chi connectivity index (χ1n) is 9.59. The highest BCUT2D eigenvalue weighted by Gasteiger charge is 2.33. The first-order chi connectivity index (χ1) is 12.7. The Balaban J connectivity index is 2.01. The van der Waals surface area contributed by atoms with Crippen LogP contribution < -0.4 is 0 Å². The van der Waals surface area contributed by atoms with Gasteiger partial charge in [-0.2, -0.15) is 0 Å². The van der Waals surface area contributed by atoms with Crippen LogP contribution in [0.4, 0.5) is 0 Å². The second-order valence-corrected chi connectivity index (χ2v) is 6.29. The number of unbranched alkanes of at least 4 members (excludes halogenated alkanes) is 3. The van der Waals surface area contributed by atoms with E-state index in [4.69, 9.17) is 4.74 Å². The molecule has 0 unspecified atom stereocenters. The third kappa shape index (κ3) is 9.30. The van der Waals surface area contributed by atoms with E-state index in [0.717, 1.165) is 19.3 Å². The monoisotopic (exact) mass is 360 g/mol. The molecule has 26 heavy (non-hydrogen) atoms. The molecule has 4 heteroatoms. The lowest BCUT2D eigenvalue weighted by molar-refractivity contribution is -0.142. The number of aliphatic hydroxyl groups excluding tert-OH is 2. The molecule has 4 nitrogen and oxygen atoms in total. The number of carbonyl (C=O) groups excluding carboxylic acids is 1. The molecule has 0 radical (unpaired) electrons. The van der Waals surface area contributed by atoms with Gasteiger partial charge in [-0.3, -0.25) is 0 Å². The number of rotatable bonds is 13. The quantitative estimate of drug-likeness (QED) is 0.240. The minimum absolute atomic E-state index is 0.356. The first kappa shape index (κ1) is 21.8. The lowest BCUT2D eigenvalue weighted by Crippen LogP contribution is -2.10. The van der Waals surface area contributed by atoms with Crippen LogP contribution in [0.3, 0.4) is 0 Å². The Kier molecular flexibility index (Phi) is 11.7. The van der Waals surface area contributed by atoms with Gasteiger partial charge in [-0.25, -0.2) is 4.79 Å². The van der Waals surface area contributed by atoms with Crippen molar-refractivity contribution in [3.63, 3.8) is 0 Å². The van der Waals surface area contributed by atoms with Crippen molar-refractivity contribution in [2.45, 2.75) is 70.8 Å². The van der Waals surface area contributed by atoms with Crippen molar-refractivity contribution >= 4 is 5.97 Å². The molecule has 0 bridgehead atoms. The van der Waals surface area contributed by atoms with E-state index in [9.17, 15) is 15.0 Å². The minimum Gasteiger partial charge on any atom is -0.505 e. The van der Waals surface area contributed by atoms with Crippen LogP contribution in [0.5, 0.6) is 0 Å². The molecule has 0 fully saturated rings. The summed E-state index contributed by atoms with van der Waals surface area (Å²) in [6, 6.07) is 0. The minimum atomic E-state index is -0.848. The van der Waals surface area contributed by atoms with Crippen LogP contribution in [0, 0.1) is 0 Å². The van der Waals surface area contributed by atoms with Crippen LogP contribution in [-0.4, -0.2) is 22.3 Å². The second kappa shape index (κ2) is 14.0. The fraction of sp³-hybridized carbons (Fsp3) is 0.500. The van der Waals surface area contributed by atoms with Crippen molar-refractivity contribution in [2.24, 2.45) is 0 Å². The van der Waals surface area contributed by atoms with Crippen molar-refractivity contribution in [3.05, 3.63) is 60.1 Å². The second-order valence-electron chi connectivity index (χ2n) is 6.29. The van der Waals surface area contributed by atoms with E-state index < -0.39 is 17.8 Å². The van der Waals surface area contributed by atoms with Crippen molar-refractivity contribution in [1.82, 2.24) is 0 Å². The Morgan fingerprint density at radius 3 is 1.88 bits per heavy atom. The number of allylic oxidation sites excluding steroid dienone is 8. The molecule has 2 N–H and O–H groups in total. The van der Waals surface area contributed by atoms with E-state index in [0.29, 0.717) is 12.8 Å². The third-order valence-corrected chi connectivity index (χ3v) is 4.04. The van der Waals surface area contributed by atoms with Crippen molar-refractivity contribution in [2.75, 3.05) is 0 Å². The van der Waals surface area contributed by atoms with Gasteiger partial charge in [0.15, 0.2) is 11.9 Å². The summed E-state index contributed by atoms with van der Waals surface area (Å²) in [5.41, 5.74) is 0. The topological polar surface area (TPSA) is 66.8 Å². The number of cyclic esters (lactones) is 1. The summed E-state index contributed by atoms with van der Waals surface area (Å²) >= 11 is 0. The van der Waals surface area contributed by atoms with Gasteiger partial charge in [0.1, 0.15) is 0 Å². The Labute approximate surface area is 157 Å². The molecule has 0 aliphatic carbocycles. The van der Waals surface area contributed by atoms with Gasteiger partial charge in [0, 0.05) is 0 Å². The highest BCUT2D eigenvalue weighted by Crippen LogP contribution is 2.22. The lowest BCUT2D eigenvalue weighted by Gasteiger charge is -2.07. The SMILES string of the molecule is CCCCC/C=C\C/C=C\C/C=C\C/C=C\CC[C@@H]1OC(=O)C(O)=C1O. The molecule has 144 valence electrons. The Morgan fingerprint density at radius 2 is 1.38 bits per heavy atom. The molecular formula is C22H32O4. The van der Waals surface area contributed by atoms with Crippen molar-refractivity contribution in [3.8, 4) is 0 Å². The van der Waals surface area contributed by atoms with Gasteiger partial charge in [-0.1, -0.05) is 68.4 Å². The Bertz CT molecular complexity index is 552. The van der Waals surface area contributed by atoms with Gasteiger partial charge in [-0.05, 0) is 44.9 Å². The summed E-state index contributed by atoms with van der Waals surface area (Å²) in [6.07, 6.45) is 25.4. The van der Waals surface area contributed by atoms with Crippen LogP contribution in [0.2, 0.25) is 0 Å². The molecule has 1 atom stereocenters. The molecule has 1 aliphatic rings. The predicted molar refractivity (Wildman–Crippen MR) is 106 cm³/mol. The highest BCUT2D eigenvalue weighted by molar-refractivity contribution is 5.88. The smallest absolute Gasteiger partial charge is 0.377 e. The van der Waals surface area contributed by atoms with Gasteiger partial charge in [0.25, 0.3) is 0 Å². The fourth-order valence-electron chi connectivity index (χ4n) is 2.50. The van der Waals surface area contributed by atoms with Gasteiger partial charge in [0.05, 0.1) is 0 Å². The zero-order valence-corrected chi connectivity index (χ0v) is 15.8. The summed E-state index contributed by atoms with van der Waals surface area (Å²) in [4.78, 5) is 11.0. The van der Waals surface area contributed by atoms with Crippen molar-refractivity contribution in [1.29, 1.82) is 0 Å². The third-order valence-electron chi connectivity index (χ3n) is 4.04. The van der Waals surface area contributed by atoms with Gasteiger partial charge < -0.3 is 14.9 Å². The van der Waals surface area contributed by atoms with Crippen LogP contribution in [0.15, 0.2) is 60.1 Å². The normalized spacial score (nSPS) is 18.3. The first-order valence-corrected chi connectivity index (χ1v) is 9.59. The molecule has 0 aromatic carbocycles. The zero-order valence-electron chi connectivity index (χ0n) is 15.8. The van der Waals surface area contributed by atoms with Crippen LogP contribution >= 0.6 is 0 Å². The average Bonchev–Trinajstić information content (AvgIpc) is 2.88. The van der Waals surface area contributed by atoms with Gasteiger partial charge in [0.2, 0.25) is 5.76 Å². The van der Waals surface area contributed by atoms with Crippen molar-refractivity contribution < 1.29 is 19.7 Å². The van der Waals surface area contributed by atoms with E-state index in [1.165, 1.54) is 25.7 Å². The van der Waals surface area contributed by atoms with Crippen LogP contribution in [0.1, 0.15) is 64.7 Å². The maximum atomic E-state index is 11.0. The number of hydrogen-bond donors (Lipinski definition) is 2. The van der Waals surface area contributed by atoms with E-state index in [-0.39, 0.29) is 5.76 Å². The maximum absolute atomic E-state index is 11.0. The zero-order chi connectivity index (χ0) is 19.0. The van der Waals surface area contributed by atoms with Crippen LogP contribution in [0.25, 0.3) is 0 Å². The number of hydrogen-bond acceptors (Lipinski definition) is 4. The molecular weight excluding hydrogens is 328 g/mol. The molecule has 0 saturated carbocycles. The van der Waals surface area contributed by atoms with E-state index in [2.05, 4.69) is 43.4 Å². The molecule has 0 amide bonds. The largest absolute Gasteiger partial charge is 0.505 e. The Hall–Kier alpha value is -2.23. The highest BCUT2D eigenvalue weighted by atomic mass is 16.6. The standard InChI is InChI=1S/C22H32O4/c1-2-3-4-5-6-7-8-9-10-11-12-13-14-15-16-17-18-19-20(23)21(24)22(25)26-19/h6-7,9-10,12-13,15-16,19,23-24H,2-5,8,11,14,17-18H2,1H3/b7-6-,10-9-,13-12-,16-15-/t19-/m0/s1. The van der Waals surface area contributed by atoms with E-state index >= 15 is 0 Å². The summed E-state index contributed by atoms with van der Waals surface area (Å²) in [6.45, 7) is 2.22. The molecule has 0 saturated heterocycles. The molecule has 0 spiro atoms. The van der Waals surface area contributed by atoms with Gasteiger partial charge in [-0.15, -0.1) is 0 Å². The van der Waals surface area contributed by atoms with E-state index in [1.54, 1.807) is 0 Å². The number of aliphatic hydroxyl groups is 2. The molecule has 0 aromatic heterocycles. The fourth-order valence-corrected chi connectivity index (χ4v) is 2.50. The summed E-state index contributed by atoms with van der Waals surface area (Å²) in [5, 5.41) is 18.7. The predicted octanol–water partition coefficient (Wildman–Crippen LogP) is 6.00. The summed E-state index contributed by atoms with van der Waals surface area (Å²) in [7, 11) is 0.